The number of methoxy groups -OCH3 is 1. The van der Waals surface area contributed by atoms with Gasteiger partial charge in [0, 0.05) is 0 Å². The fraction of sp³-hybridized carbons (Fsp3) is 0.333. The highest BCUT2D eigenvalue weighted by molar-refractivity contribution is 9.09. The molecule has 0 radical (unpaired) electrons. The fourth-order valence-corrected chi connectivity index (χ4v) is 1.57. The maximum atomic E-state index is 11.3. The monoisotopic (exact) mass is 284 g/mol. The van der Waals surface area contributed by atoms with Crippen LogP contribution in [-0.2, 0) is 16.0 Å². The van der Waals surface area contributed by atoms with Crippen molar-refractivity contribution in [2.45, 2.75) is 17.7 Å². The van der Waals surface area contributed by atoms with Crippen LogP contribution in [0.4, 0.5) is 0 Å². The smallest absolute Gasteiger partial charge is 0.337 e. The average molecular weight is 285 g/mol. The van der Waals surface area contributed by atoms with Gasteiger partial charge in [-0.2, -0.15) is 0 Å². The van der Waals surface area contributed by atoms with E-state index in [0.717, 1.165) is 18.3 Å². The Kier molecular flexibility index (Phi) is 5.19. The normalized spacial score (nSPS) is 11.9. The molecular weight excluding hydrogens is 272 g/mol. The van der Waals surface area contributed by atoms with Crippen LogP contribution in [0.1, 0.15) is 22.3 Å². The number of aryl methyl sites for hydroxylation is 1. The molecular formula is C12H13BrO3. The van der Waals surface area contributed by atoms with Gasteiger partial charge in [0.15, 0.2) is 0 Å². The Balaban J connectivity index is 2.67. The number of hydrogen-bond acceptors (Lipinski definition) is 3. The van der Waals surface area contributed by atoms with E-state index in [-0.39, 0.29) is 10.8 Å². The number of esters is 1. The number of rotatable bonds is 5. The lowest BCUT2D eigenvalue weighted by molar-refractivity contribution is -0.107. The van der Waals surface area contributed by atoms with Crippen molar-refractivity contribution in [3.05, 3.63) is 35.4 Å². The highest BCUT2D eigenvalue weighted by Crippen LogP contribution is 2.12. The lowest BCUT2D eigenvalue weighted by Crippen LogP contribution is -2.04. The van der Waals surface area contributed by atoms with E-state index < -0.39 is 0 Å². The molecule has 0 aliphatic heterocycles. The molecule has 1 aromatic carbocycles. The number of carbonyl (C=O) groups is 2. The molecule has 4 heteroatoms. The Morgan fingerprint density at radius 3 is 2.94 bits per heavy atom. The van der Waals surface area contributed by atoms with Crippen LogP contribution in [0.15, 0.2) is 24.3 Å². The molecule has 16 heavy (non-hydrogen) atoms. The van der Waals surface area contributed by atoms with Gasteiger partial charge in [-0.3, -0.25) is 0 Å². The molecule has 0 N–H and O–H groups in total. The van der Waals surface area contributed by atoms with E-state index in [1.54, 1.807) is 12.1 Å². The second kappa shape index (κ2) is 6.43. The Bertz CT molecular complexity index is 376. The SMILES string of the molecule is COC(=O)c1cccc(CCC(Br)C=O)c1. The van der Waals surface area contributed by atoms with Crippen molar-refractivity contribution < 1.29 is 14.3 Å². The molecule has 1 atom stereocenters. The Hall–Kier alpha value is -1.16. The van der Waals surface area contributed by atoms with E-state index in [1.807, 2.05) is 12.1 Å². The summed E-state index contributed by atoms with van der Waals surface area (Å²) in [5, 5.41) is 0. The highest BCUT2D eigenvalue weighted by Gasteiger charge is 2.07. The molecule has 0 amide bonds. The van der Waals surface area contributed by atoms with Gasteiger partial charge >= 0.3 is 5.97 Å². The number of alkyl halides is 1. The summed E-state index contributed by atoms with van der Waals surface area (Å²) in [5.41, 5.74) is 1.56. The zero-order valence-electron chi connectivity index (χ0n) is 8.98. The molecule has 0 aliphatic rings. The Morgan fingerprint density at radius 1 is 1.56 bits per heavy atom. The summed E-state index contributed by atoms with van der Waals surface area (Å²) in [5.74, 6) is -0.340. The van der Waals surface area contributed by atoms with Crippen LogP contribution < -0.4 is 0 Å². The average Bonchev–Trinajstić information content (AvgIpc) is 2.35. The van der Waals surface area contributed by atoms with E-state index in [4.69, 9.17) is 0 Å². The molecule has 0 fully saturated rings. The minimum absolute atomic E-state index is 0.130. The van der Waals surface area contributed by atoms with E-state index >= 15 is 0 Å². The van der Waals surface area contributed by atoms with Crippen LogP contribution in [0.25, 0.3) is 0 Å². The topological polar surface area (TPSA) is 43.4 Å². The summed E-state index contributed by atoms with van der Waals surface area (Å²) in [7, 11) is 1.36. The first-order valence-electron chi connectivity index (χ1n) is 4.94. The predicted molar refractivity (Wildman–Crippen MR) is 64.9 cm³/mol. The third kappa shape index (κ3) is 3.77. The van der Waals surface area contributed by atoms with E-state index in [1.165, 1.54) is 7.11 Å². The van der Waals surface area contributed by atoms with Gasteiger partial charge in [-0.1, -0.05) is 28.1 Å². The molecule has 1 rings (SSSR count). The van der Waals surface area contributed by atoms with Crippen molar-refractivity contribution in [1.29, 1.82) is 0 Å². The second-order valence-electron chi connectivity index (χ2n) is 3.38. The van der Waals surface area contributed by atoms with E-state index in [2.05, 4.69) is 20.7 Å². The molecule has 0 aliphatic carbocycles. The fourth-order valence-electron chi connectivity index (χ4n) is 1.34. The third-order valence-electron chi connectivity index (χ3n) is 2.20. The second-order valence-corrected chi connectivity index (χ2v) is 4.56. The van der Waals surface area contributed by atoms with Crippen molar-refractivity contribution in [2.24, 2.45) is 0 Å². The van der Waals surface area contributed by atoms with Crippen molar-refractivity contribution in [3.8, 4) is 0 Å². The largest absolute Gasteiger partial charge is 0.465 e. The summed E-state index contributed by atoms with van der Waals surface area (Å²) < 4.78 is 4.63. The number of halogens is 1. The number of carbonyl (C=O) groups excluding carboxylic acids is 2. The van der Waals surface area contributed by atoms with Crippen molar-refractivity contribution in [3.63, 3.8) is 0 Å². The van der Waals surface area contributed by atoms with Gasteiger partial charge in [-0.05, 0) is 30.5 Å². The van der Waals surface area contributed by atoms with Gasteiger partial charge in [0.1, 0.15) is 6.29 Å². The third-order valence-corrected chi connectivity index (χ3v) is 2.88. The van der Waals surface area contributed by atoms with Gasteiger partial charge in [0.05, 0.1) is 17.5 Å². The van der Waals surface area contributed by atoms with Crippen molar-refractivity contribution in [1.82, 2.24) is 0 Å². The summed E-state index contributed by atoms with van der Waals surface area (Å²) in [4.78, 5) is 21.6. The van der Waals surface area contributed by atoms with Gasteiger partial charge in [-0.25, -0.2) is 4.79 Å². The van der Waals surface area contributed by atoms with Gasteiger partial charge < -0.3 is 9.53 Å². The minimum Gasteiger partial charge on any atom is -0.465 e. The molecule has 1 unspecified atom stereocenters. The summed E-state index contributed by atoms with van der Waals surface area (Å²) in [6, 6.07) is 7.24. The van der Waals surface area contributed by atoms with Crippen LogP contribution in [0, 0.1) is 0 Å². The molecule has 0 spiro atoms. The summed E-state index contributed by atoms with van der Waals surface area (Å²) in [6.07, 6.45) is 2.33. The zero-order valence-corrected chi connectivity index (χ0v) is 10.6. The number of aldehydes is 1. The quantitative estimate of drug-likeness (QED) is 0.474. The van der Waals surface area contributed by atoms with Crippen LogP contribution in [-0.4, -0.2) is 24.2 Å². The number of hydrogen-bond donors (Lipinski definition) is 0. The Morgan fingerprint density at radius 2 is 2.31 bits per heavy atom. The first-order valence-corrected chi connectivity index (χ1v) is 5.85. The maximum Gasteiger partial charge on any atom is 0.337 e. The van der Waals surface area contributed by atoms with Crippen LogP contribution in [0.5, 0.6) is 0 Å². The minimum atomic E-state index is -0.340. The molecule has 0 bridgehead atoms. The molecule has 3 nitrogen and oxygen atoms in total. The van der Waals surface area contributed by atoms with Crippen molar-refractivity contribution >= 4 is 28.2 Å². The summed E-state index contributed by atoms with van der Waals surface area (Å²) >= 11 is 3.24. The molecule has 0 saturated heterocycles. The standard InChI is InChI=1S/C12H13BrO3/c1-16-12(15)10-4-2-3-9(7-10)5-6-11(13)8-14/h2-4,7-8,11H,5-6H2,1H3. The first-order chi connectivity index (χ1) is 7.67. The van der Waals surface area contributed by atoms with E-state index in [9.17, 15) is 9.59 Å². The lowest BCUT2D eigenvalue weighted by atomic mass is 10.1. The summed E-state index contributed by atoms with van der Waals surface area (Å²) in [6.45, 7) is 0. The Labute approximate surface area is 103 Å². The molecule has 1 aromatic rings. The maximum absolute atomic E-state index is 11.3. The number of benzene rings is 1. The van der Waals surface area contributed by atoms with Gasteiger partial charge in [-0.15, -0.1) is 0 Å². The first kappa shape index (κ1) is 12.9. The highest BCUT2D eigenvalue weighted by atomic mass is 79.9. The van der Waals surface area contributed by atoms with Gasteiger partial charge in [0.2, 0.25) is 0 Å². The van der Waals surface area contributed by atoms with Crippen LogP contribution >= 0.6 is 15.9 Å². The van der Waals surface area contributed by atoms with Gasteiger partial charge in [0.25, 0.3) is 0 Å². The molecule has 0 aromatic heterocycles. The predicted octanol–water partition coefficient (Wildman–Crippen LogP) is 2.37. The zero-order chi connectivity index (χ0) is 12.0. The lowest BCUT2D eigenvalue weighted by Gasteiger charge is -2.04. The molecule has 0 saturated carbocycles. The van der Waals surface area contributed by atoms with E-state index in [0.29, 0.717) is 12.0 Å². The number of ether oxygens (including phenoxy) is 1. The van der Waals surface area contributed by atoms with Crippen LogP contribution in [0.3, 0.4) is 0 Å². The molecule has 0 heterocycles. The van der Waals surface area contributed by atoms with Crippen LogP contribution in [0.2, 0.25) is 0 Å². The van der Waals surface area contributed by atoms with Crippen molar-refractivity contribution in [2.75, 3.05) is 7.11 Å². The molecule has 86 valence electrons.